The fourth-order valence-corrected chi connectivity index (χ4v) is 2.98. The van der Waals surface area contributed by atoms with Crippen molar-refractivity contribution >= 4 is 11.8 Å². The Morgan fingerprint density at radius 1 is 1.04 bits per heavy atom. The number of benzene rings is 1. The number of hydrogen-bond donors (Lipinski definition) is 1. The molecule has 0 radical (unpaired) electrons. The van der Waals surface area contributed by atoms with E-state index >= 15 is 0 Å². The largest absolute Gasteiger partial charge is 0.493 e. The average molecular weight is 364 g/mol. The van der Waals surface area contributed by atoms with Crippen LogP contribution in [0.15, 0.2) is 12.1 Å². The van der Waals surface area contributed by atoms with E-state index in [-0.39, 0.29) is 23.8 Å². The minimum Gasteiger partial charge on any atom is -0.493 e. The third kappa shape index (κ3) is 4.39. The van der Waals surface area contributed by atoms with Crippen LogP contribution in [0, 0.1) is 5.92 Å². The smallest absolute Gasteiger partial charge is 0.254 e. The van der Waals surface area contributed by atoms with Crippen LogP contribution in [0.25, 0.3) is 0 Å². The molecular formula is C19H28N2O5. The molecule has 144 valence electrons. The highest BCUT2D eigenvalue weighted by atomic mass is 16.5. The van der Waals surface area contributed by atoms with Crippen LogP contribution in [0.5, 0.6) is 17.2 Å². The highest BCUT2D eigenvalue weighted by Crippen LogP contribution is 2.38. The molecule has 0 spiro atoms. The van der Waals surface area contributed by atoms with Gasteiger partial charge in [0.25, 0.3) is 5.91 Å². The van der Waals surface area contributed by atoms with Crippen molar-refractivity contribution in [3.05, 3.63) is 17.7 Å². The maximum Gasteiger partial charge on any atom is 0.254 e. The van der Waals surface area contributed by atoms with E-state index in [0.29, 0.717) is 35.9 Å². The second-order valence-corrected chi connectivity index (χ2v) is 6.64. The van der Waals surface area contributed by atoms with Crippen molar-refractivity contribution in [2.24, 2.45) is 5.92 Å². The van der Waals surface area contributed by atoms with Crippen molar-refractivity contribution in [3.63, 3.8) is 0 Å². The highest BCUT2D eigenvalue weighted by Gasteiger charge is 2.26. The number of likely N-dealkylation sites (tertiary alicyclic amines) is 1. The molecule has 1 heterocycles. The van der Waals surface area contributed by atoms with Crippen LogP contribution in [-0.2, 0) is 4.79 Å². The minimum atomic E-state index is -0.0853. The summed E-state index contributed by atoms with van der Waals surface area (Å²) in [7, 11) is 4.57. The molecule has 0 unspecified atom stereocenters. The number of carbonyl (C=O) groups excluding carboxylic acids is 2. The Morgan fingerprint density at radius 2 is 1.58 bits per heavy atom. The van der Waals surface area contributed by atoms with E-state index in [9.17, 15) is 9.59 Å². The average Bonchev–Trinajstić information content (AvgIpc) is 2.66. The molecule has 1 aromatic carbocycles. The van der Waals surface area contributed by atoms with E-state index in [4.69, 9.17) is 14.2 Å². The van der Waals surface area contributed by atoms with Crippen LogP contribution in [0.2, 0.25) is 0 Å². The number of ether oxygens (including phenoxy) is 3. The summed E-state index contributed by atoms with van der Waals surface area (Å²) in [5, 5.41) is 3.04. The van der Waals surface area contributed by atoms with Gasteiger partial charge in [-0.1, -0.05) is 13.8 Å². The fraction of sp³-hybridized carbons (Fsp3) is 0.579. The number of methoxy groups -OCH3 is 3. The molecule has 1 saturated heterocycles. The maximum atomic E-state index is 12.9. The second-order valence-electron chi connectivity index (χ2n) is 6.64. The summed E-state index contributed by atoms with van der Waals surface area (Å²) in [6, 6.07) is 3.45. The highest BCUT2D eigenvalue weighted by molar-refractivity contribution is 5.95. The van der Waals surface area contributed by atoms with Gasteiger partial charge < -0.3 is 24.4 Å². The normalized spacial score (nSPS) is 14.9. The van der Waals surface area contributed by atoms with Crippen molar-refractivity contribution in [1.82, 2.24) is 10.2 Å². The van der Waals surface area contributed by atoms with Crippen molar-refractivity contribution < 1.29 is 23.8 Å². The van der Waals surface area contributed by atoms with Crippen molar-refractivity contribution in [2.45, 2.75) is 32.7 Å². The Balaban J connectivity index is 2.07. The molecule has 1 aliphatic heterocycles. The summed E-state index contributed by atoms with van der Waals surface area (Å²) in [6.07, 6.45) is 1.49. The lowest BCUT2D eigenvalue weighted by Crippen LogP contribution is -2.47. The van der Waals surface area contributed by atoms with Crippen LogP contribution in [0.1, 0.15) is 37.0 Å². The van der Waals surface area contributed by atoms with Gasteiger partial charge in [0.1, 0.15) is 0 Å². The number of nitrogens with one attached hydrogen (secondary N) is 1. The first kappa shape index (κ1) is 19.9. The summed E-state index contributed by atoms with van der Waals surface area (Å²) >= 11 is 0. The third-order valence-electron chi connectivity index (χ3n) is 4.56. The Kier molecular flexibility index (Phi) is 6.71. The first-order valence-electron chi connectivity index (χ1n) is 8.80. The van der Waals surface area contributed by atoms with Crippen LogP contribution in [-0.4, -0.2) is 57.2 Å². The van der Waals surface area contributed by atoms with Gasteiger partial charge in [-0.15, -0.1) is 0 Å². The molecule has 1 fully saturated rings. The van der Waals surface area contributed by atoms with Crippen LogP contribution in [0.4, 0.5) is 0 Å². The van der Waals surface area contributed by atoms with Crippen LogP contribution < -0.4 is 19.5 Å². The van der Waals surface area contributed by atoms with E-state index in [1.54, 1.807) is 17.0 Å². The van der Waals surface area contributed by atoms with Crippen molar-refractivity contribution in [1.29, 1.82) is 0 Å². The number of hydrogen-bond acceptors (Lipinski definition) is 5. The van der Waals surface area contributed by atoms with E-state index in [0.717, 1.165) is 12.8 Å². The molecule has 7 nitrogen and oxygen atoms in total. The van der Waals surface area contributed by atoms with Crippen LogP contribution >= 0.6 is 0 Å². The molecule has 0 bridgehead atoms. The standard InChI is InChI=1S/C19H28N2O5/c1-12(2)18(22)20-14-6-8-21(9-7-14)19(23)13-10-15(24-3)17(26-5)16(11-13)25-4/h10-12,14H,6-9H2,1-5H3,(H,20,22). The van der Waals surface area contributed by atoms with E-state index in [1.165, 1.54) is 21.3 Å². The van der Waals surface area contributed by atoms with Gasteiger partial charge in [-0.2, -0.15) is 0 Å². The Hall–Kier alpha value is -2.44. The molecule has 0 atom stereocenters. The summed E-state index contributed by atoms with van der Waals surface area (Å²) in [4.78, 5) is 26.5. The second kappa shape index (κ2) is 8.78. The lowest BCUT2D eigenvalue weighted by molar-refractivity contribution is -0.124. The van der Waals surface area contributed by atoms with Gasteiger partial charge in [-0.05, 0) is 25.0 Å². The fourth-order valence-electron chi connectivity index (χ4n) is 2.98. The van der Waals surface area contributed by atoms with Gasteiger partial charge in [-0.3, -0.25) is 9.59 Å². The molecule has 26 heavy (non-hydrogen) atoms. The zero-order chi connectivity index (χ0) is 19.3. The maximum absolute atomic E-state index is 12.9. The zero-order valence-electron chi connectivity index (χ0n) is 16.1. The molecule has 0 aliphatic carbocycles. The summed E-state index contributed by atoms with van der Waals surface area (Å²) in [5.74, 6) is 1.30. The lowest BCUT2D eigenvalue weighted by Gasteiger charge is -2.33. The molecule has 0 aromatic heterocycles. The molecule has 1 aliphatic rings. The summed E-state index contributed by atoms with van der Waals surface area (Å²) in [5.41, 5.74) is 0.490. The molecule has 2 amide bonds. The quantitative estimate of drug-likeness (QED) is 0.836. The number of carbonyl (C=O) groups is 2. The van der Waals surface area contributed by atoms with Crippen molar-refractivity contribution in [3.8, 4) is 17.2 Å². The SMILES string of the molecule is COc1cc(C(=O)N2CCC(NC(=O)C(C)C)CC2)cc(OC)c1OC. The predicted molar refractivity (Wildman–Crippen MR) is 98.0 cm³/mol. The number of piperidine rings is 1. The summed E-state index contributed by atoms with van der Waals surface area (Å²) < 4.78 is 15.9. The topological polar surface area (TPSA) is 77.1 Å². The number of nitrogens with zero attached hydrogens (tertiary/aromatic N) is 1. The summed E-state index contributed by atoms with van der Waals surface area (Å²) in [6.45, 7) is 4.94. The van der Waals surface area contributed by atoms with Gasteiger partial charge in [-0.25, -0.2) is 0 Å². The molecule has 1 N–H and O–H groups in total. The minimum absolute atomic E-state index is 0.0334. The van der Waals surface area contributed by atoms with Crippen molar-refractivity contribution in [2.75, 3.05) is 34.4 Å². The predicted octanol–water partition coefficient (Wildman–Crippen LogP) is 2.09. The van der Waals surface area contributed by atoms with Gasteiger partial charge >= 0.3 is 0 Å². The van der Waals surface area contributed by atoms with E-state index < -0.39 is 0 Å². The van der Waals surface area contributed by atoms with Gasteiger partial charge in [0.15, 0.2) is 11.5 Å². The van der Waals surface area contributed by atoms with E-state index in [2.05, 4.69) is 5.32 Å². The number of rotatable bonds is 6. The number of amides is 2. The lowest BCUT2D eigenvalue weighted by atomic mass is 10.0. The molecule has 7 heteroatoms. The molecule has 1 aromatic rings. The monoisotopic (exact) mass is 364 g/mol. The molecular weight excluding hydrogens is 336 g/mol. The van der Waals surface area contributed by atoms with Gasteiger partial charge in [0.2, 0.25) is 11.7 Å². The molecule has 0 saturated carbocycles. The molecule has 2 rings (SSSR count). The van der Waals surface area contributed by atoms with Gasteiger partial charge in [0, 0.05) is 30.6 Å². The Morgan fingerprint density at radius 3 is 2.00 bits per heavy atom. The third-order valence-corrected chi connectivity index (χ3v) is 4.56. The Labute approximate surface area is 154 Å². The van der Waals surface area contributed by atoms with E-state index in [1.807, 2.05) is 13.8 Å². The van der Waals surface area contributed by atoms with Crippen LogP contribution in [0.3, 0.4) is 0 Å². The Bertz CT molecular complexity index is 626. The first-order valence-corrected chi connectivity index (χ1v) is 8.80. The zero-order valence-corrected chi connectivity index (χ0v) is 16.1. The first-order chi connectivity index (χ1) is 12.4. The van der Waals surface area contributed by atoms with Gasteiger partial charge in [0.05, 0.1) is 21.3 Å².